The molecule has 1 atom stereocenters. The van der Waals surface area contributed by atoms with Gasteiger partial charge in [0.15, 0.2) is 0 Å². The van der Waals surface area contributed by atoms with Crippen LogP contribution in [0.25, 0.3) is 0 Å². The van der Waals surface area contributed by atoms with Gasteiger partial charge >= 0.3 is 0 Å². The van der Waals surface area contributed by atoms with Gasteiger partial charge in [0.2, 0.25) is 0 Å². The van der Waals surface area contributed by atoms with Crippen LogP contribution in [-0.2, 0) is 4.74 Å². The monoisotopic (exact) mass is 312 g/mol. The highest BCUT2D eigenvalue weighted by atomic mass is 35.5. The van der Waals surface area contributed by atoms with Gasteiger partial charge in [-0.05, 0) is 38.2 Å². The first-order chi connectivity index (χ1) is 10.0. The lowest BCUT2D eigenvalue weighted by Gasteiger charge is -2.35. The molecule has 0 saturated carbocycles. The zero-order valence-electron chi connectivity index (χ0n) is 12.5. The molecule has 5 nitrogen and oxygen atoms in total. The van der Waals surface area contributed by atoms with Gasteiger partial charge in [-0.1, -0.05) is 11.6 Å². The summed E-state index contributed by atoms with van der Waals surface area (Å²) < 4.78 is 5.52. The van der Waals surface area contributed by atoms with Crippen LogP contribution in [0, 0.1) is 23.0 Å². The minimum atomic E-state index is -0.406. The molecular formula is C15H21ClN2O3. The molecule has 0 spiro atoms. The van der Waals surface area contributed by atoms with E-state index in [1.54, 1.807) is 6.07 Å². The zero-order chi connectivity index (χ0) is 15.4. The summed E-state index contributed by atoms with van der Waals surface area (Å²) >= 11 is 6.29. The molecule has 1 aromatic carbocycles. The fourth-order valence-electron chi connectivity index (χ4n) is 2.91. The van der Waals surface area contributed by atoms with Crippen molar-refractivity contribution in [3.63, 3.8) is 0 Å². The summed E-state index contributed by atoms with van der Waals surface area (Å²) in [5.41, 5.74) is 1.82. The third-order valence-corrected chi connectivity index (χ3v) is 4.13. The van der Waals surface area contributed by atoms with Gasteiger partial charge < -0.3 is 9.64 Å². The Bertz CT molecular complexity index is 499. The van der Waals surface area contributed by atoms with Crippen molar-refractivity contribution in [1.82, 2.24) is 0 Å². The minimum absolute atomic E-state index is 0.0455. The first-order valence-corrected chi connectivity index (χ1v) is 7.68. The number of anilines is 1. The number of nitrogens with zero attached hydrogens (tertiary/aromatic N) is 2. The van der Waals surface area contributed by atoms with Crippen molar-refractivity contribution < 1.29 is 9.66 Å². The molecular weight excluding hydrogens is 292 g/mol. The molecule has 1 unspecified atom stereocenters. The SMILES string of the molecule is CCOCC1CCCN(c2c(C)cc([N+](=O)[O-])cc2Cl)C1. The fraction of sp³-hybridized carbons (Fsp3) is 0.600. The van der Waals surface area contributed by atoms with E-state index < -0.39 is 4.92 Å². The average molecular weight is 313 g/mol. The molecule has 2 rings (SSSR count). The van der Waals surface area contributed by atoms with Crippen LogP contribution in [0.4, 0.5) is 11.4 Å². The van der Waals surface area contributed by atoms with Crippen molar-refractivity contribution in [3.05, 3.63) is 32.8 Å². The number of aryl methyl sites for hydroxylation is 1. The van der Waals surface area contributed by atoms with Gasteiger partial charge in [0, 0.05) is 31.8 Å². The molecule has 1 fully saturated rings. The van der Waals surface area contributed by atoms with Crippen molar-refractivity contribution >= 4 is 23.0 Å². The second-order valence-corrected chi connectivity index (χ2v) is 5.87. The van der Waals surface area contributed by atoms with Crippen LogP contribution in [0.5, 0.6) is 0 Å². The predicted octanol–water partition coefficient (Wildman–Crippen LogP) is 3.81. The van der Waals surface area contributed by atoms with Gasteiger partial charge in [0.1, 0.15) is 0 Å². The van der Waals surface area contributed by atoms with Crippen molar-refractivity contribution in [2.75, 3.05) is 31.2 Å². The molecule has 21 heavy (non-hydrogen) atoms. The number of halogens is 1. The molecule has 1 heterocycles. The quantitative estimate of drug-likeness (QED) is 0.613. The number of rotatable bonds is 5. The van der Waals surface area contributed by atoms with Crippen LogP contribution >= 0.6 is 11.6 Å². The molecule has 1 aromatic rings. The van der Waals surface area contributed by atoms with E-state index in [9.17, 15) is 10.1 Å². The van der Waals surface area contributed by atoms with Gasteiger partial charge in [0.05, 0.1) is 22.2 Å². The number of piperidine rings is 1. The topological polar surface area (TPSA) is 55.6 Å². The lowest BCUT2D eigenvalue weighted by Crippen LogP contribution is -2.37. The van der Waals surface area contributed by atoms with E-state index in [0.29, 0.717) is 10.9 Å². The van der Waals surface area contributed by atoms with E-state index in [2.05, 4.69) is 4.90 Å². The summed E-state index contributed by atoms with van der Waals surface area (Å²) in [5, 5.41) is 11.3. The maximum absolute atomic E-state index is 10.9. The van der Waals surface area contributed by atoms with Gasteiger partial charge in [-0.2, -0.15) is 0 Å². The maximum atomic E-state index is 10.9. The molecule has 1 aliphatic rings. The third kappa shape index (κ3) is 3.86. The Morgan fingerprint density at radius 3 is 2.90 bits per heavy atom. The first-order valence-electron chi connectivity index (χ1n) is 7.30. The Kier molecular flexibility index (Phi) is 5.42. The molecule has 0 aliphatic carbocycles. The first kappa shape index (κ1) is 16.0. The number of non-ortho nitro benzene ring substituents is 1. The zero-order valence-corrected chi connectivity index (χ0v) is 13.2. The maximum Gasteiger partial charge on any atom is 0.271 e. The van der Waals surface area contributed by atoms with Crippen LogP contribution in [0.15, 0.2) is 12.1 Å². The Hall–Kier alpha value is -1.33. The summed E-state index contributed by atoms with van der Waals surface area (Å²) in [7, 11) is 0. The van der Waals surface area contributed by atoms with Gasteiger partial charge in [-0.3, -0.25) is 10.1 Å². The average Bonchev–Trinajstić information content (AvgIpc) is 2.44. The van der Waals surface area contributed by atoms with Crippen LogP contribution < -0.4 is 4.90 Å². The molecule has 0 aromatic heterocycles. The molecule has 1 saturated heterocycles. The highest BCUT2D eigenvalue weighted by Crippen LogP contribution is 2.36. The normalized spacial score (nSPS) is 18.8. The largest absolute Gasteiger partial charge is 0.381 e. The van der Waals surface area contributed by atoms with Crippen molar-refractivity contribution in [1.29, 1.82) is 0 Å². The molecule has 0 radical (unpaired) electrons. The minimum Gasteiger partial charge on any atom is -0.381 e. The third-order valence-electron chi connectivity index (χ3n) is 3.84. The number of ether oxygens (including phenoxy) is 1. The summed E-state index contributed by atoms with van der Waals surface area (Å²) in [4.78, 5) is 12.7. The Balaban J connectivity index is 2.19. The summed E-state index contributed by atoms with van der Waals surface area (Å²) in [6.45, 7) is 7.18. The summed E-state index contributed by atoms with van der Waals surface area (Å²) in [6.07, 6.45) is 2.24. The van der Waals surface area contributed by atoms with E-state index in [4.69, 9.17) is 16.3 Å². The number of hydrogen-bond donors (Lipinski definition) is 0. The van der Waals surface area contributed by atoms with Crippen molar-refractivity contribution in [3.8, 4) is 0 Å². The number of hydrogen-bond acceptors (Lipinski definition) is 4. The van der Waals surface area contributed by atoms with E-state index in [1.165, 1.54) is 6.07 Å². The lowest BCUT2D eigenvalue weighted by molar-refractivity contribution is -0.384. The standard InChI is InChI=1S/C15H21ClN2O3/c1-3-21-10-12-5-4-6-17(9-12)15-11(2)7-13(18(19)20)8-14(15)16/h7-8,12H,3-6,9-10H2,1-2H3. The molecule has 0 N–H and O–H groups in total. The van der Waals surface area contributed by atoms with Crippen LogP contribution in [0.3, 0.4) is 0 Å². The van der Waals surface area contributed by atoms with Crippen LogP contribution in [0.2, 0.25) is 5.02 Å². The van der Waals surface area contributed by atoms with E-state index in [-0.39, 0.29) is 5.69 Å². The van der Waals surface area contributed by atoms with Crippen LogP contribution in [0.1, 0.15) is 25.3 Å². The molecule has 0 amide bonds. The summed E-state index contributed by atoms with van der Waals surface area (Å²) in [5.74, 6) is 0.490. The molecule has 6 heteroatoms. The number of nitro groups is 1. The number of benzene rings is 1. The predicted molar refractivity (Wildman–Crippen MR) is 84.3 cm³/mol. The molecule has 1 aliphatic heterocycles. The van der Waals surface area contributed by atoms with Gasteiger partial charge in [-0.15, -0.1) is 0 Å². The van der Waals surface area contributed by atoms with Crippen molar-refractivity contribution in [2.24, 2.45) is 5.92 Å². The Morgan fingerprint density at radius 2 is 2.29 bits per heavy atom. The smallest absolute Gasteiger partial charge is 0.271 e. The second kappa shape index (κ2) is 7.09. The van der Waals surface area contributed by atoms with Crippen molar-refractivity contribution in [2.45, 2.75) is 26.7 Å². The van der Waals surface area contributed by atoms with Gasteiger partial charge in [-0.25, -0.2) is 0 Å². The fourth-order valence-corrected chi connectivity index (χ4v) is 3.29. The highest BCUT2D eigenvalue weighted by Gasteiger charge is 2.24. The second-order valence-electron chi connectivity index (χ2n) is 5.46. The van der Waals surface area contributed by atoms with E-state index in [0.717, 1.165) is 50.4 Å². The van der Waals surface area contributed by atoms with Crippen LogP contribution in [-0.4, -0.2) is 31.2 Å². The van der Waals surface area contributed by atoms with E-state index in [1.807, 2.05) is 13.8 Å². The Morgan fingerprint density at radius 1 is 1.52 bits per heavy atom. The van der Waals surface area contributed by atoms with Gasteiger partial charge in [0.25, 0.3) is 5.69 Å². The molecule has 116 valence electrons. The highest BCUT2D eigenvalue weighted by molar-refractivity contribution is 6.33. The summed E-state index contributed by atoms with van der Waals surface area (Å²) in [6, 6.07) is 3.03. The van der Waals surface area contributed by atoms with E-state index >= 15 is 0 Å². The molecule has 0 bridgehead atoms. The lowest BCUT2D eigenvalue weighted by atomic mass is 9.97. The number of nitro benzene ring substituents is 1. The Labute approximate surface area is 130 Å².